The van der Waals surface area contributed by atoms with E-state index in [1.165, 1.54) is 70.5 Å². The number of Topliss-reactive ketones (excluding diaryl/α,β-unsaturated/α-hetero) is 1. The number of nitrogens with two attached hydrogens (primary N) is 1. The standard InChI is InChI=1S/C96H104BClN13O27P3/c1-107(56-14-12-55(13-15-56)105-106-78-25-16-57(111(123)124)41-74(78)98)35-8-10-89(115)110-48-61(114)40-58(110)51-134-141(129,130)138-86-47-88(97)137-87(86)52-135-140(127,128)133-50-53(49-132-139(125,126)131-38-7-3-2-5-33-100-92(117)54-11-19-67(95(120)121)73(39-54)90-68-20-17-59(112)42-84(68)136-85-43-60(113)18-21-69(85)90)9-4-6-34-101-93(118)80-45-72-64-31-36-108(82(64)29-27-77(72)103-80)94(119)81-46-70-63-22-23-66(62(63)24-26-75(70)104-81)91(116)79-44-71-65-32-37-109(96(99)122)83(65)30-28-76(71)102-79/h11-21,24-30,39,41-46,53,58,61,66,68,86-88,90,102-104,113-114H,2-10,22-23,31-38,40,47-52,97H2,1H3,(H2,99,122)(H,100,117)(H,101,118)(H,120,121)(H,125,126)(H,127,128)(H,129,130)/b106-105+/t53?,58-,61+,66?,68?,86?,87?,88?,90?/m0/s1. The maximum absolute atomic E-state index is 14.6. The van der Waals surface area contributed by atoms with Crippen molar-refractivity contribution < 1.29 is 124 Å². The van der Waals surface area contributed by atoms with Crippen molar-refractivity contribution in [3.05, 3.63) is 234 Å². The number of primary amides is 1. The molecule has 7 aliphatic rings. The number of ether oxygens (including phenoxy) is 2. The molecule has 40 nitrogen and oxygen atoms in total. The van der Waals surface area contributed by atoms with E-state index in [1.807, 2.05) is 60.5 Å². The van der Waals surface area contributed by atoms with E-state index in [4.69, 9.17) is 54.0 Å². The van der Waals surface area contributed by atoms with Crippen molar-refractivity contribution >= 4 is 157 Å². The van der Waals surface area contributed by atoms with Crippen LogP contribution in [0.1, 0.15) is 174 Å². The molecule has 0 saturated carbocycles. The van der Waals surface area contributed by atoms with Crippen molar-refractivity contribution in [1.82, 2.24) is 30.5 Å². The number of hydrogen-bond acceptors (Lipinski definition) is 26. The van der Waals surface area contributed by atoms with Gasteiger partial charge >= 0.3 is 35.5 Å². The van der Waals surface area contributed by atoms with Gasteiger partial charge in [-0.1, -0.05) is 49.1 Å². The van der Waals surface area contributed by atoms with E-state index in [1.54, 1.807) is 55.2 Å². The number of rotatable bonds is 42. The Kier molecular flexibility index (Phi) is 30.4. The number of aliphatic hydroxyl groups excluding tert-OH is 1. The van der Waals surface area contributed by atoms with Crippen LogP contribution < -0.4 is 35.8 Å². The number of H-pyrrole nitrogens is 3. The summed E-state index contributed by atoms with van der Waals surface area (Å²) in [7, 11) is -11.4. The zero-order valence-electron chi connectivity index (χ0n) is 76.7. The van der Waals surface area contributed by atoms with Gasteiger partial charge in [0.2, 0.25) is 5.91 Å². The molecule has 5 aliphatic heterocycles. The number of nitro groups is 1. The molecule has 10 aromatic rings. The molecular weight excluding hydrogens is 1910 g/mol. The summed E-state index contributed by atoms with van der Waals surface area (Å²) in [5, 5.41) is 59.1. The number of non-ortho nitro benzene ring substituents is 1. The summed E-state index contributed by atoms with van der Waals surface area (Å²) in [4.78, 5) is 168. The summed E-state index contributed by atoms with van der Waals surface area (Å²) in [6.45, 7) is -1.07. The largest absolute Gasteiger partial charge is 0.508 e. The number of benzene rings is 7. The number of nitrogens with zero attached hydrogens (tertiary/aromatic N) is 7. The minimum atomic E-state index is -5.07. The first kappa shape index (κ1) is 100. The number of carbonyl (C=O) groups excluding carboxylic acids is 7. The Bertz CT molecular complexity index is 6830. The maximum Gasteiger partial charge on any atom is 0.472 e. The van der Waals surface area contributed by atoms with Crippen molar-refractivity contribution in [3.8, 4) is 11.5 Å². The van der Waals surface area contributed by atoms with Crippen LogP contribution in [0, 0.1) is 22.0 Å². The van der Waals surface area contributed by atoms with E-state index >= 15 is 0 Å². The molecule has 6 amide bonds. The van der Waals surface area contributed by atoms with Crippen LogP contribution >= 0.6 is 35.1 Å². The van der Waals surface area contributed by atoms with Gasteiger partial charge in [-0.05, 0) is 208 Å². The molecule has 17 rings (SSSR count). The molecule has 45 heteroatoms. The Hall–Kier alpha value is -12.4. The number of likely N-dealkylation sites (tertiary alicyclic amines) is 1. The smallest absolute Gasteiger partial charge is 0.472 e. The van der Waals surface area contributed by atoms with Gasteiger partial charge in [0.1, 0.15) is 48.3 Å². The number of aliphatic hydroxyl groups is 1. The van der Waals surface area contributed by atoms with Crippen LogP contribution in [0.25, 0.3) is 32.7 Å². The molecule has 10 unspecified atom stereocenters. The van der Waals surface area contributed by atoms with Crippen LogP contribution in [0.4, 0.5) is 38.9 Å². The first-order chi connectivity index (χ1) is 67.5. The molecule has 740 valence electrons. The number of aromatic amines is 3. The van der Waals surface area contributed by atoms with E-state index in [2.05, 4.69) is 35.8 Å². The van der Waals surface area contributed by atoms with Crippen LogP contribution in [0.2, 0.25) is 5.02 Å². The number of phosphoric acid groups is 3. The first-order valence-electron chi connectivity index (χ1n) is 46.5. The molecule has 7 aromatic carbocycles. The number of β-amino-alcohol motifs (C(OH)–C–C–N with tert-alkyl or cyclic N) is 1. The summed E-state index contributed by atoms with van der Waals surface area (Å²) in [5.74, 6) is -5.43. The number of azo groups is 1. The molecule has 2 fully saturated rings. The Morgan fingerprint density at radius 1 is 0.695 bits per heavy atom. The number of nitrogens with one attached hydrogen (secondary N) is 5. The second-order valence-corrected chi connectivity index (χ2v) is 40.9. The number of aromatic hydroxyl groups is 1. The maximum atomic E-state index is 14.6. The third-order valence-corrected chi connectivity index (χ3v) is 29.9. The minimum absolute atomic E-state index is 0.00162. The fraction of sp³-hybridized carbons (Fsp3) is 0.375. The number of aromatic carboxylic acids is 1. The van der Waals surface area contributed by atoms with Crippen LogP contribution in [-0.2, 0) is 74.4 Å². The number of hydrogen-bond donors (Lipinski definition) is 12. The van der Waals surface area contributed by atoms with Crippen molar-refractivity contribution in [2.24, 2.45) is 27.8 Å². The number of aryl methyl sites for hydroxylation is 1. The van der Waals surface area contributed by atoms with Crippen molar-refractivity contribution in [2.75, 3.05) is 94.1 Å². The normalized spacial score (nSPS) is 20.5. The summed E-state index contributed by atoms with van der Waals surface area (Å²) >= 11 is 6.16. The van der Waals surface area contributed by atoms with Gasteiger partial charge in [0.15, 0.2) is 11.6 Å². The third kappa shape index (κ3) is 23.0. The van der Waals surface area contributed by atoms with Gasteiger partial charge in [-0.25, -0.2) is 23.3 Å². The summed E-state index contributed by atoms with van der Waals surface area (Å²) in [6.07, 6.45) is 6.10. The quantitative estimate of drug-likeness (QED) is 0.00321. The van der Waals surface area contributed by atoms with E-state index in [0.717, 1.165) is 60.8 Å². The molecule has 2 saturated heterocycles. The van der Waals surface area contributed by atoms with E-state index in [-0.39, 0.29) is 138 Å². The zero-order valence-corrected chi connectivity index (χ0v) is 80.1. The number of ketones is 2. The molecule has 8 heterocycles. The third-order valence-electron chi connectivity index (χ3n) is 26.7. The van der Waals surface area contributed by atoms with Gasteiger partial charge in [-0.15, -0.1) is 5.11 Å². The number of fused-ring (bicyclic) bond motifs is 11. The number of halogens is 1. The number of unbranched alkanes of at least 4 members (excludes halogenated alkanes) is 4. The summed E-state index contributed by atoms with van der Waals surface area (Å²) in [5.41, 5.74) is 16.4. The predicted octanol–water partition coefficient (Wildman–Crippen LogP) is 14.1. The molecule has 0 spiro atoms. The lowest BCUT2D eigenvalue weighted by Gasteiger charge is -2.35. The van der Waals surface area contributed by atoms with Crippen LogP contribution in [0.5, 0.6) is 11.5 Å². The number of phenols is 1. The molecule has 141 heavy (non-hydrogen) atoms. The van der Waals surface area contributed by atoms with E-state index in [0.29, 0.717) is 118 Å². The highest BCUT2D eigenvalue weighted by Crippen LogP contribution is 2.53. The predicted molar refractivity (Wildman–Crippen MR) is 520 cm³/mol. The number of carbonyl (C=O) groups is 8. The fourth-order valence-electron chi connectivity index (χ4n) is 19.6. The molecule has 13 N–H and O–H groups in total. The lowest BCUT2D eigenvalue weighted by atomic mass is 9.74. The number of nitro benzene ring substituents is 1. The molecule has 12 atom stereocenters. The SMILES string of the molecule is BC1CC(OP(=O)(O)OC[C@@H]2C[C@@H](O)CN2C(=O)CCCN(C)c2ccc(/N=N/c3ccc([N+](=O)[O-])cc3Cl)cc2)C(COP(=O)(O)OCC(CCCCNC(=O)c2cc3c4c(ccc3[nH]2)N(C(=O)c2cc3c5c(ccc3[nH]2)C(C(=O)c2cc3c6c(ccc3[nH]2)N(C(N)=O)CC6)CC5)CC4)COP(=O)(O)OCCCCCCNC(=O)c2ccc(C(=O)O)c(C3c4ccc(O)cc4OC4=CC(=O)C=CC43)c2)O1. The first-order valence-corrected chi connectivity index (χ1v) is 51.4. The molecule has 2 aliphatic carbocycles. The highest BCUT2D eigenvalue weighted by molar-refractivity contribution is 7.48. The average molecular weight is 2010 g/mol. The lowest BCUT2D eigenvalue weighted by molar-refractivity contribution is -0.384. The van der Waals surface area contributed by atoms with Gasteiger partial charge in [-0.3, -0.25) is 70.9 Å². The second kappa shape index (κ2) is 42.8. The Labute approximate surface area is 812 Å². The molecular formula is C96H104BClN13O27P3. The van der Waals surface area contributed by atoms with Gasteiger partial charge < -0.3 is 85.5 Å². The van der Waals surface area contributed by atoms with Crippen molar-refractivity contribution in [3.63, 3.8) is 0 Å². The lowest BCUT2D eigenvalue weighted by Crippen LogP contribution is -2.38. The fourth-order valence-corrected chi connectivity index (χ4v) is 22.5. The number of aromatic nitrogens is 3. The number of phenolic OH excluding ortho intramolecular Hbond substituents is 1. The molecule has 0 radical (unpaired) electrons. The van der Waals surface area contributed by atoms with Crippen LogP contribution in [0.15, 0.2) is 168 Å². The van der Waals surface area contributed by atoms with E-state index in [9.17, 15) is 92.2 Å². The Balaban J connectivity index is 0.486. The van der Waals surface area contributed by atoms with Gasteiger partial charge in [0.05, 0.1) is 78.2 Å². The monoisotopic (exact) mass is 2010 g/mol. The number of carboxylic acid groups (broad SMARTS) is 1. The Morgan fingerprint density at radius 2 is 1.35 bits per heavy atom. The van der Waals surface area contributed by atoms with Crippen molar-refractivity contribution in [1.29, 1.82) is 0 Å². The summed E-state index contributed by atoms with van der Waals surface area (Å²) in [6, 6.07) is 34.2. The topological polar surface area (TPSA) is 561 Å². The van der Waals surface area contributed by atoms with Gasteiger partial charge in [-0.2, -0.15) is 5.11 Å². The van der Waals surface area contributed by atoms with Crippen LogP contribution in [0.3, 0.4) is 0 Å². The van der Waals surface area contributed by atoms with Gasteiger partial charge in [0, 0.05) is 168 Å². The summed E-state index contributed by atoms with van der Waals surface area (Å²) < 4.78 is 85.8. The second-order valence-electron chi connectivity index (χ2n) is 36.1. The van der Waals surface area contributed by atoms with Crippen molar-refractivity contribution in [2.45, 2.75) is 139 Å². The number of allylic oxidation sites excluding steroid dienone is 3. The molecule has 3 aromatic heterocycles. The van der Waals surface area contributed by atoms with E-state index < -0.39 is 133 Å². The van der Waals surface area contributed by atoms with Crippen LogP contribution in [-0.4, -0.2) is 220 Å². The molecule has 0 bridgehead atoms. The zero-order chi connectivity index (χ0) is 99.5. The average Bonchev–Trinajstić information content (AvgIpc) is 1.73. The van der Waals surface area contributed by atoms with Gasteiger partial charge in [0.25, 0.3) is 23.4 Å². The Morgan fingerprint density at radius 3 is 2.07 bits per heavy atom. The minimum Gasteiger partial charge on any atom is -0.508 e. The number of amides is 6. The number of carboxylic acids is 1. The number of urea groups is 1. The number of phosphoric ester groups is 3. The highest BCUT2D eigenvalue weighted by Gasteiger charge is 2.45. The number of anilines is 3. The highest BCUT2D eigenvalue weighted by atomic mass is 35.5.